The van der Waals surface area contributed by atoms with E-state index in [1.807, 2.05) is 0 Å². The second-order valence-electron chi connectivity index (χ2n) is 3.81. The molecule has 80 valence electrons. The molecular weight excluding hydrogens is 223 g/mol. The Balaban J connectivity index is 2.26. The fourth-order valence-electron chi connectivity index (χ4n) is 1.77. The highest BCUT2D eigenvalue weighted by molar-refractivity contribution is 6.31. The van der Waals surface area contributed by atoms with Crippen molar-refractivity contribution in [2.75, 3.05) is 6.79 Å². The van der Waals surface area contributed by atoms with E-state index in [2.05, 4.69) is 0 Å². The number of halogens is 2. The smallest absolute Gasteiger partial charge is 0.231 e. The molecule has 5 heteroatoms. The van der Waals surface area contributed by atoms with Crippen molar-refractivity contribution >= 4 is 11.6 Å². The minimum atomic E-state index is -1.12. The van der Waals surface area contributed by atoms with Gasteiger partial charge in [0.15, 0.2) is 17.3 Å². The van der Waals surface area contributed by atoms with Crippen LogP contribution in [0.2, 0.25) is 5.02 Å². The lowest BCUT2D eigenvalue weighted by molar-refractivity contribution is 0.136. The average molecular weight is 231 g/mol. The maximum Gasteiger partial charge on any atom is 0.231 e. The molecule has 1 aliphatic heterocycles. The second-order valence-corrected chi connectivity index (χ2v) is 4.22. The molecule has 1 heterocycles. The van der Waals surface area contributed by atoms with Gasteiger partial charge in [-0.05, 0) is 12.8 Å². The normalized spacial score (nSPS) is 20.5. The van der Waals surface area contributed by atoms with E-state index in [-0.39, 0.29) is 23.1 Å². The molecule has 0 spiro atoms. The summed E-state index contributed by atoms with van der Waals surface area (Å²) in [6, 6.07) is 1.37. The molecule has 1 aromatic rings. The Kier molecular flexibility index (Phi) is 1.71. The lowest BCUT2D eigenvalue weighted by atomic mass is 10.1. The monoisotopic (exact) mass is 230 g/mol. The number of aliphatic hydroxyl groups is 1. The van der Waals surface area contributed by atoms with Crippen molar-refractivity contribution in [3.05, 3.63) is 22.5 Å². The lowest BCUT2D eigenvalue weighted by Crippen LogP contribution is -2.09. The van der Waals surface area contributed by atoms with Gasteiger partial charge in [-0.2, -0.15) is 0 Å². The van der Waals surface area contributed by atoms with Crippen LogP contribution < -0.4 is 9.47 Å². The first-order chi connectivity index (χ1) is 7.12. The zero-order chi connectivity index (χ0) is 10.6. The van der Waals surface area contributed by atoms with Gasteiger partial charge in [-0.3, -0.25) is 0 Å². The molecule has 1 saturated carbocycles. The van der Waals surface area contributed by atoms with E-state index in [9.17, 15) is 9.50 Å². The molecule has 0 amide bonds. The molecule has 15 heavy (non-hydrogen) atoms. The van der Waals surface area contributed by atoms with Crippen molar-refractivity contribution < 1.29 is 19.0 Å². The second kappa shape index (κ2) is 2.77. The molecule has 1 N–H and O–H groups in total. The van der Waals surface area contributed by atoms with Crippen molar-refractivity contribution in [3.8, 4) is 11.5 Å². The first kappa shape index (κ1) is 9.24. The Bertz CT molecular complexity index is 443. The van der Waals surface area contributed by atoms with Crippen molar-refractivity contribution in [1.29, 1.82) is 0 Å². The number of fused-ring (bicyclic) bond motifs is 1. The van der Waals surface area contributed by atoms with Gasteiger partial charge >= 0.3 is 0 Å². The van der Waals surface area contributed by atoms with Gasteiger partial charge in [0, 0.05) is 6.07 Å². The maximum atomic E-state index is 13.8. The van der Waals surface area contributed by atoms with Crippen LogP contribution in [0.15, 0.2) is 6.07 Å². The summed E-state index contributed by atoms with van der Waals surface area (Å²) in [6.45, 7) is 0.0399. The quantitative estimate of drug-likeness (QED) is 0.804. The van der Waals surface area contributed by atoms with Gasteiger partial charge in [-0.15, -0.1) is 0 Å². The molecule has 3 rings (SSSR count). The molecule has 2 aliphatic rings. The lowest BCUT2D eigenvalue weighted by Gasteiger charge is -2.13. The third-order valence-corrected chi connectivity index (χ3v) is 3.02. The van der Waals surface area contributed by atoms with Crippen LogP contribution in [-0.4, -0.2) is 11.9 Å². The number of rotatable bonds is 1. The summed E-state index contributed by atoms with van der Waals surface area (Å²) in [4.78, 5) is 0. The summed E-state index contributed by atoms with van der Waals surface area (Å²) >= 11 is 5.71. The summed E-state index contributed by atoms with van der Waals surface area (Å²) in [7, 11) is 0. The Labute approximate surface area is 90.4 Å². The SMILES string of the molecule is OC1(c2c(F)c(Cl)cc3c2OCO3)CC1. The summed E-state index contributed by atoms with van der Waals surface area (Å²) in [5.41, 5.74) is -0.977. The Morgan fingerprint density at radius 2 is 2.13 bits per heavy atom. The Morgan fingerprint density at radius 1 is 1.40 bits per heavy atom. The molecule has 0 saturated heterocycles. The number of benzene rings is 1. The zero-order valence-electron chi connectivity index (χ0n) is 7.72. The van der Waals surface area contributed by atoms with Crippen LogP contribution in [0.5, 0.6) is 11.5 Å². The van der Waals surface area contributed by atoms with Crippen LogP contribution in [0.3, 0.4) is 0 Å². The average Bonchev–Trinajstić information content (AvgIpc) is 2.76. The third kappa shape index (κ3) is 1.21. The summed E-state index contributed by atoms with van der Waals surface area (Å²) < 4.78 is 24.0. The van der Waals surface area contributed by atoms with Gasteiger partial charge in [-0.25, -0.2) is 4.39 Å². The van der Waals surface area contributed by atoms with E-state index >= 15 is 0 Å². The van der Waals surface area contributed by atoms with Crippen molar-refractivity contribution in [1.82, 2.24) is 0 Å². The predicted octanol–water partition coefficient (Wildman–Crippen LogP) is 2.19. The van der Waals surface area contributed by atoms with Gasteiger partial charge in [0.25, 0.3) is 0 Å². The molecular formula is C10H8ClFO3. The Morgan fingerprint density at radius 3 is 2.80 bits per heavy atom. The highest BCUT2D eigenvalue weighted by Gasteiger charge is 2.48. The van der Waals surface area contributed by atoms with Gasteiger partial charge in [0.05, 0.1) is 16.2 Å². The number of hydrogen-bond donors (Lipinski definition) is 1. The van der Waals surface area contributed by atoms with Crippen molar-refractivity contribution in [2.45, 2.75) is 18.4 Å². The van der Waals surface area contributed by atoms with Crippen LogP contribution in [0.25, 0.3) is 0 Å². The minimum Gasteiger partial charge on any atom is -0.454 e. The fourth-order valence-corrected chi connectivity index (χ4v) is 1.97. The highest BCUT2D eigenvalue weighted by Crippen LogP contribution is 2.54. The summed E-state index contributed by atoms with van der Waals surface area (Å²) in [5.74, 6) is 0.0783. The van der Waals surface area contributed by atoms with Crippen LogP contribution in [0.4, 0.5) is 4.39 Å². The van der Waals surface area contributed by atoms with E-state index in [1.54, 1.807) is 0 Å². The van der Waals surface area contributed by atoms with Gasteiger partial charge in [0.2, 0.25) is 6.79 Å². The summed E-state index contributed by atoms with van der Waals surface area (Å²) in [6.07, 6.45) is 1.06. The van der Waals surface area contributed by atoms with Gasteiger partial charge in [0.1, 0.15) is 0 Å². The van der Waals surface area contributed by atoms with E-state index in [1.165, 1.54) is 6.07 Å². The van der Waals surface area contributed by atoms with Crippen LogP contribution >= 0.6 is 11.6 Å². The van der Waals surface area contributed by atoms with Crippen LogP contribution in [-0.2, 0) is 5.60 Å². The van der Waals surface area contributed by atoms with E-state index in [0.29, 0.717) is 18.6 Å². The van der Waals surface area contributed by atoms with Gasteiger partial charge in [-0.1, -0.05) is 11.6 Å². The molecule has 1 aromatic carbocycles. The van der Waals surface area contributed by atoms with Crippen LogP contribution in [0, 0.1) is 5.82 Å². The third-order valence-electron chi connectivity index (χ3n) is 2.74. The molecule has 0 aromatic heterocycles. The van der Waals surface area contributed by atoms with E-state index in [4.69, 9.17) is 21.1 Å². The van der Waals surface area contributed by atoms with Crippen LogP contribution in [0.1, 0.15) is 18.4 Å². The standard InChI is InChI=1S/C10H8ClFO3/c11-5-3-6-9(15-4-14-6)7(8(5)12)10(13)1-2-10/h3,13H,1-2,4H2. The molecule has 0 atom stereocenters. The molecule has 0 radical (unpaired) electrons. The van der Waals surface area contributed by atoms with E-state index < -0.39 is 11.4 Å². The first-order valence-corrected chi connectivity index (χ1v) is 5.00. The largest absolute Gasteiger partial charge is 0.454 e. The number of hydrogen-bond acceptors (Lipinski definition) is 3. The Hall–Kier alpha value is -1.00. The molecule has 3 nitrogen and oxygen atoms in total. The van der Waals surface area contributed by atoms with Crippen molar-refractivity contribution in [3.63, 3.8) is 0 Å². The fraction of sp³-hybridized carbons (Fsp3) is 0.400. The highest BCUT2D eigenvalue weighted by atomic mass is 35.5. The first-order valence-electron chi connectivity index (χ1n) is 4.62. The topological polar surface area (TPSA) is 38.7 Å². The molecule has 1 aliphatic carbocycles. The molecule has 1 fully saturated rings. The van der Waals surface area contributed by atoms with Crippen molar-refractivity contribution in [2.24, 2.45) is 0 Å². The van der Waals surface area contributed by atoms with E-state index in [0.717, 1.165) is 0 Å². The molecule has 0 unspecified atom stereocenters. The minimum absolute atomic E-state index is 0.0399. The predicted molar refractivity (Wildman–Crippen MR) is 50.7 cm³/mol. The number of ether oxygens (including phenoxy) is 2. The maximum absolute atomic E-state index is 13.8. The summed E-state index contributed by atoms with van der Waals surface area (Å²) in [5, 5.41) is 9.89. The van der Waals surface area contributed by atoms with Gasteiger partial charge < -0.3 is 14.6 Å². The zero-order valence-corrected chi connectivity index (χ0v) is 8.47. The molecule has 0 bridgehead atoms.